The van der Waals surface area contributed by atoms with Crippen molar-refractivity contribution < 1.29 is 4.79 Å². The minimum atomic E-state index is -0.0799. The Morgan fingerprint density at radius 1 is 1.71 bits per heavy atom. The molecule has 1 aliphatic heterocycles. The fraction of sp³-hybridized carbons (Fsp3) is 0.667. The molecule has 2 rings (SSSR count). The number of hydrogen-bond acceptors (Lipinski definition) is 3. The van der Waals surface area contributed by atoms with Crippen LogP contribution in [0.5, 0.6) is 0 Å². The summed E-state index contributed by atoms with van der Waals surface area (Å²) in [6.45, 7) is 4.15. The van der Waals surface area contributed by atoms with Crippen LogP contribution in [0.15, 0.2) is 12.5 Å². The molecule has 5 heteroatoms. The fourth-order valence-electron chi connectivity index (χ4n) is 2.23. The second-order valence-corrected chi connectivity index (χ2v) is 4.79. The summed E-state index contributed by atoms with van der Waals surface area (Å²) in [5.41, 5.74) is 0.489. The van der Waals surface area contributed by atoms with E-state index in [0.717, 1.165) is 13.1 Å². The summed E-state index contributed by atoms with van der Waals surface area (Å²) in [6, 6.07) is 0.192. The first-order valence-corrected chi connectivity index (χ1v) is 6.16. The Bertz CT molecular complexity index is 382. The van der Waals surface area contributed by atoms with E-state index in [1.165, 1.54) is 12.8 Å². The van der Waals surface area contributed by atoms with Crippen molar-refractivity contribution in [1.82, 2.24) is 20.2 Å². The highest BCUT2D eigenvalue weighted by Crippen LogP contribution is 2.14. The van der Waals surface area contributed by atoms with Gasteiger partial charge in [-0.05, 0) is 38.8 Å². The van der Waals surface area contributed by atoms with E-state index in [4.69, 9.17) is 0 Å². The van der Waals surface area contributed by atoms with Crippen molar-refractivity contribution in [3.63, 3.8) is 0 Å². The van der Waals surface area contributed by atoms with Gasteiger partial charge in [-0.3, -0.25) is 4.79 Å². The molecular formula is C12H20N4O. The number of piperidine rings is 1. The zero-order valence-corrected chi connectivity index (χ0v) is 10.4. The first kappa shape index (κ1) is 12.1. The lowest BCUT2D eigenvalue weighted by atomic mass is 9.93. The number of aromatic nitrogens is 2. The number of imidazole rings is 1. The molecule has 0 aromatic carbocycles. The van der Waals surface area contributed by atoms with Crippen LogP contribution in [0.4, 0.5) is 0 Å². The molecule has 1 aromatic rings. The lowest BCUT2D eigenvalue weighted by molar-refractivity contribution is 0.0917. The lowest BCUT2D eigenvalue weighted by Crippen LogP contribution is -2.44. The Hall–Kier alpha value is -1.36. The quantitative estimate of drug-likeness (QED) is 0.805. The van der Waals surface area contributed by atoms with Crippen molar-refractivity contribution in [3.8, 4) is 0 Å². The van der Waals surface area contributed by atoms with Gasteiger partial charge in [0.25, 0.3) is 5.91 Å². The van der Waals surface area contributed by atoms with E-state index in [0.29, 0.717) is 11.6 Å². The van der Waals surface area contributed by atoms with E-state index in [9.17, 15) is 4.79 Å². The van der Waals surface area contributed by atoms with Gasteiger partial charge < -0.3 is 15.2 Å². The van der Waals surface area contributed by atoms with E-state index < -0.39 is 0 Å². The van der Waals surface area contributed by atoms with Crippen molar-refractivity contribution in [3.05, 3.63) is 18.2 Å². The summed E-state index contributed by atoms with van der Waals surface area (Å²) in [6.07, 6.45) is 5.74. The van der Waals surface area contributed by atoms with Crippen LogP contribution in [0.2, 0.25) is 0 Å². The predicted octanol–water partition coefficient (Wildman–Crippen LogP) is 0.538. The Kier molecular flexibility index (Phi) is 3.78. The van der Waals surface area contributed by atoms with Crippen molar-refractivity contribution in [2.75, 3.05) is 13.1 Å². The van der Waals surface area contributed by atoms with Crippen molar-refractivity contribution >= 4 is 5.91 Å². The van der Waals surface area contributed by atoms with Crippen molar-refractivity contribution in [2.24, 2.45) is 13.0 Å². The largest absolute Gasteiger partial charge is 0.348 e. The average molecular weight is 236 g/mol. The van der Waals surface area contributed by atoms with Gasteiger partial charge in [-0.2, -0.15) is 0 Å². The van der Waals surface area contributed by atoms with Crippen molar-refractivity contribution in [2.45, 2.75) is 25.8 Å². The van der Waals surface area contributed by atoms with Gasteiger partial charge in [0.15, 0.2) is 0 Å². The molecule has 0 bridgehead atoms. The van der Waals surface area contributed by atoms with Gasteiger partial charge in [0.1, 0.15) is 5.69 Å². The number of carbonyl (C=O) groups excluding carboxylic acids is 1. The predicted molar refractivity (Wildman–Crippen MR) is 65.7 cm³/mol. The summed E-state index contributed by atoms with van der Waals surface area (Å²) in [5, 5.41) is 6.39. The molecule has 1 amide bonds. The fourth-order valence-corrected chi connectivity index (χ4v) is 2.23. The van der Waals surface area contributed by atoms with E-state index >= 15 is 0 Å². The zero-order valence-electron chi connectivity index (χ0n) is 10.4. The normalized spacial score (nSPS) is 22.1. The van der Waals surface area contributed by atoms with Crippen LogP contribution in [0.1, 0.15) is 30.3 Å². The number of aryl methyl sites for hydroxylation is 1. The standard InChI is InChI=1S/C12H20N4O/c1-9(10-4-3-5-13-6-10)15-12(17)11-7-16(2)8-14-11/h7-10,13H,3-6H2,1-2H3,(H,15,17). The van der Waals surface area contributed by atoms with Crippen LogP contribution >= 0.6 is 0 Å². The third-order valence-corrected chi connectivity index (χ3v) is 3.34. The summed E-state index contributed by atoms with van der Waals surface area (Å²) < 4.78 is 1.78. The number of hydrogen-bond donors (Lipinski definition) is 2. The maximum atomic E-state index is 11.9. The van der Waals surface area contributed by atoms with Crippen LogP contribution in [-0.2, 0) is 7.05 Å². The number of nitrogens with one attached hydrogen (secondary N) is 2. The lowest BCUT2D eigenvalue weighted by Gasteiger charge is -2.28. The van der Waals surface area contributed by atoms with Crippen LogP contribution in [-0.4, -0.2) is 34.6 Å². The highest BCUT2D eigenvalue weighted by atomic mass is 16.2. The Balaban J connectivity index is 1.89. The van der Waals surface area contributed by atoms with Gasteiger partial charge in [-0.25, -0.2) is 4.98 Å². The molecular weight excluding hydrogens is 216 g/mol. The highest BCUT2D eigenvalue weighted by Gasteiger charge is 2.22. The topological polar surface area (TPSA) is 59.0 Å². The highest BCUT2D eigenvalue weighted by molar-refractivity contribution is 5.92. The number of rotatable bonds is 3. The molecule has 2 atom stereocenters. The molecule has 1 saturated heterocycles. The maximum Gasteiger partial charge on any atom is 0.271 e. The third-order valence-electron chi connectivity index (χ3n) is 3.34. The van der Waals surface area contributed by atoms with Gasteiger partial charge in [-0.15, -0.1) is 0 Å². The molecule has 1 aromatic heterocycles. The summed E-state index contributed by atoms with van der Waals surface area (Å²) in [4.78, 5) is 16.0. The second kappa shape index (κ2) is 5.31. The van der Waals surface area contributed by atoms with E-state index in [-0.39, 0.29) is 11.9 Å². The number of carbonyl (C=O) groups is 1. The smallest absolute Gasteiger partial charge is 0.271 e. The first-order valence-electron chi connectivity index (χ1n) is 6.16. The van der Waals surface area contributed by atoms with Crippen LogP contribution in [0.25, 0.3) is 0 Å². The Labute approximate surface area is 102 Å². The van der Waals surface area contributed by atoms with Crippen LogP contribution in [0, 0.1) is 5.92 Å². The minimum Gasteiger partial charge on any atom is -0.348 e. The van der Waals surface area contributed by atoms with Crippen molar-refractivity contribution in [1.29, 1.82) is 0 Å². The average Bonchev–Trinajstić information content (AvgIpc) is 2.77. The molecule has 0 spiro atoms. The molecule has 94 valence electrons. The SMILES string of the molecule is CC(NC(=O)c1cn(C)cn1)C1CCCNC1. The molecule has 0 radical (unpaired) electrons. The van der Waals surface area contributed by atoms with E-state index in [1.807, 2.05) is 7.05 Å². The second-order valence-electron chi connectivity index (χ2n) is 4.79. The molecule has 1 aliphatic rings. The third kappa shape index (κ3) is 3.06. The summed E-state index contributed by atoms with van der Waals surface area (Å²) >= 11 is 0. The van der Waals surface area contributed by atoms with Crippen LogP contribution in [0.3, 0.4) is 0 Å². The first-order chi connectivity index (χ1) is 8.16. The van der Waals surface area contributed by atoms with Crippen LogP contribution < -0.4 is 10.6 Å². The monoisotopic (exact) mass is 236 g/mol. The summed E-state index contributed by atoms with van der Waals surface area (Å²) in [5.74, 6) is 0.445. The Morgan fingerprint density at radius 2 is 2.53 bits per heavy atom. The molecule has 0 saturated carbocycles. The van der Waals surface area contributed by atoms with Gasteiger partial charge in [0, 0.05) is 19.3 Å². The van der Waals surface area contributed by atoms with Gasteiger partial charge in [0.05, 0.1) is 6.33 Å². The molecule has 2 N–H and O–H groups in total. The van der Waals surface area contributed by atoms with Gasteiger partial charge in [-0.1, -0.05) is 0 Å². The summed E-state index contributed by atoms with van der Waals surface area (Å²) in [7, 11) is 1.86. The molecule has 0 aliphatic carbocycles. The van der Waals surface area contributed by atoms with Gasteiger partial charge >= 0.3 is 0 Å². The maximum absolute atomic E-state index is 11.9. The van der Waals surface area contributed by atoms with E-state index in [1.54, 1.807) is 17.1 Å². The molecule has 17 heavy (non-hydrogen) atoms. The molecule has 1 fully saturated rings. The zero-order chi connectivity index (χ0) is 12.3. The van der Waals surface area contributed by atoms with E-state index in [2.05, 4.69) is 22.5 Å². The Morgan fingerprint density at radius 3 is 3.12 bits per heavy atom. The number of nitrogens with zero attached hydrogens (tertiary/aromatic N) is 2. The minimum absolute atomic E-state index is 0.0799. The molecule has 2 unspecified atom stereocenters. The molecule has 2 heterocycles. The van der Waals surface area contributed by atoms with Gasteiger partial charge in [0.2, 0.25) is 0 Å². The number of amides is 1. The molecule has 5 nitrogen and oxygen atoms in total.